The summed E-state index contributed by atoms with van der Waals surface area (Å²) in [7, 11) is 0. The molecule has 2 rings (SSSR count). The molecule has 0 aromatic carbocycles. The molecule has 1 N–H and O–H groups in total. The molecule has 0 radical (unpaired) electrons. The van der Waals surface area contributed by atoms with Crippen LogP contribution in [-0.2, 0) is 4.79 Å². The number of anilines is 1. The third kappa shape index (κ3) is 1.88. The highest BCUT2D eigenvalue weighted by Gasteiger charge is 2.31. The van der Waals surface area contributed by atoms with Gasteiger partial charge in [-0.25, -0.2) is 9.78 Å². The molecular weight excluding hydrogens is 228 g/mol. The van der Waals surface area contributed by atoms with Crippen LogP contribution in [0.3, 0.4) is 0 Å². The number of hydrogen-bond acceptors (Lipinski definition) is 4. The molecule has 6 heteroatoms. The van der Waals surface area contributed by atoms with Crippen molar-refractivity contribution in [2.24, 2.45) is 0 Å². The molecular formula is C10H10N2O3S. The van der Waals surface area contributed by atoms with E-state index in [1.807, 2.05) is 0 Å². The van der Waals surface area contributed by atoms with Crippen LogP contribution in [0, 0.1) is 0 Å². The van der Waals surface area contributed by atoms with Crippen molar-refractivity contribution in [2.45, 2.75) is 11.7 Å². The average molecular weight is 238 g/mol. The van der Waals surface area contributed by atoms with E-state index in [4.69, 9.17) is 5.11 Å². The van der Waals surface area contributed by atoms with Gasteiger partial charge in [-0.3, -0.25) is 9.69 Å². The predicted octanol–water partition coefficient (Wildman–Crippen LogP) is 0.815. The van der Waals surface area contributed by atoms with Gasteiger partial charge in [-0.15, -0.1) is 0 Å². The number of amides is 1. The summed E-state index contributed by atoms with van der Waals surface area (Å²) in [6.07, 6.45) is 1.79. The van der Waals surface area contributed by atoms with Crippen LogP contribution < -0.4 is 4.90 Å². The molecule has 0 bridgehead atoms. The maximum absolute atomic E-state index is 11.6. The van der Waals surface area contributed by atoms with Gasteiger partial charge >= 0.3 is 5.97 Å². The van der Waals surface area contributed by atoms with E-state index < -0.39 is 5.97 Å². The SMILES string of the molecule is O=C(O)c1cccnc1N1CC(S)CC1=O. The first kappa shape index (κ1) is 10.9. The van der Waals surface area contributed by atoms with Gasteiger partial charge in [0.1, 0.15) is 11.4 Å². The Kier molecular flexibility index (Phi) is 2.82. The molecule has 0 saturated carbocycles. The molecule has 1 atom stereocenters. The number of aromatic carboxylic acids is 1. The summed E-state index contributed by atoms with van der Waals surface area (Å²) in [4.78, 5) is 27.9. The standard InChI is InChI=1S/C10H10N2O3S/c13-8-4-6(16)5-12(8)9-7(10(14)15)2-1-3-11-9/h1-3,6,16H,4-5H2,(H,14,15). The van der Waals surface area contributed by atoms with E-state index in [0.29, 0.717) is 13.0 Å². The minimum absolute atomic E-state index is 0.0401. The van der Waals surface area contributed by atoms with Crippen LogP contribution >= 0.6 is 12.6 Å². The van der Waals surface area contributed by atoms with Gasteiger partial charge < -0.3 is 5.11 Å². The van der Waals surface area contributed by atoms with Gasteiger partial charge in [-0.05, 0) is 12.1 Å². The number of aromatic nitrogens is 1. The van der Waals surface area contributed by atoms with Crippen LogP contribution in [0.15, 0.2) is 18.3 Å². The molecule has 0 spiro atoms. The molecule has 2 heterocycles. The van der Waals surface area contributed by atoms with Gasteiger partial charge in [0.05, 0.1) is 0 Å². The first-order valence-electron chi connectivity index (χ1n) is 4.76. The molecule has 1 unspecified atom stereocenters. The Balaban J connectivity index is 2.40. The highest BCUT2D eigenvalue weighted by atomic mass is 32.1. The van der Waals surface area contributed by atoms with Gasteiger partial charge in [0.15, 0.2) is 0 Å². The first-order valence-corrected chi connectivity index (χ1v) is 5.28. The minimum Gasteiger partial charge on any atom is -0.478 e. The molecule has 1 aromatic heterocycles. The van der Waals surface area contributed by atoms with Crippen molar-refractivity contribution in [3.63, 3.8) is 0 Å². The van der Waals surface area contributed by atoms with Crippen LogP contribution in [0.5, 0.6) is 0 Å². The Labute approximate surface area is 97.5 Å². The number of carboxylic acids is 1. The van der Waals surface area contributed by atoms with Crippen molar-refractivity contribution in [3.8, 4) is 0 Å². The van der Waals surface area contributed by atoms with E-state index in [2.05, 4.69) is 17.6 Å². The Morgan fingerprint density at radius 3 is 2.94 bits per heavy atom. The highest BCUT2D eigenvalue weighted by Crippen LogP contribution is 2.25. The molecule has 1 saturated heterocycles. The molecule has 84 valence electrons. The van der Waals surface area contributed by atoms with Gasteiger partial charge in [-0.2, -0.15) is 12.6 Å². The number of pyridine rings is 1. The maximum Gasteiger partial charge on any atom is 0.339 e. The molecule has 0 aliphatic carbocycles. The quantitative estimate of drug-likeness (QED) is 0.748. The first-order chi connectivity index (χ1) is 7.59. The number of carbonyl (C=O) groups excluding carboxylic acids is 1. The maximum atomic E-state index is 11.6. The fourth-order valence-corrected chi connectivity index (χ4v) is 1.99. The zero-order valence-corrected chi connectivity index (χ0v) is 9.22. The molecule has 16 heavy (non-hydrogen) atoms. The summed E-state index contributed by atoms with van der Waals surface area (Å²) < 4.78 is 0. The summed E-state index contributed by atoms with van der Waals surface area (Å²) in [5.74, 6) is -1.02. The van der Waals surface area contributed by atoms with E-state index in [1.165, 1.54) is 23.2 Å². The lowest BCUT2D eigenvalue weighted by molar-refractivity contribution is -0.117. The van der Waals surface area contributed by atoms with Gasteiger partial charge in [0, 0.05) is 24.4 Å². The smallest absolute Gasteiger partial charge is 0.339 e. The van der Waals surface area contributed by atoms with E-state index in [-0.39, 0.29) is 22.5 Å². The third-order valence-electron chi connectivity index (χ3n) is 2.38. The summed E-state index contributed by atoms with van der Waals surface area (Å²) in [5.41, 5.74) is 0.0401. The summed E-state index contributed by atoms with van der Waals surface area (Å²) in [6, 6.07) is 2.97. The van der Waals surface area contributed by atoms with E-state index >= 15 is 0 Å². The lowest BCUT2D eigenvalue weighted by atomic mass is 10.2. The molecule has 1 fully saturated rings. The number of thiol groups is 1. The molecule has 1 aliphatic heterocycles. The largest absolute Gasteiger partial charge is 0.478 e. The molecule has 1 aromatic rings. The van der Waals surface area contributed by atoms with Crippen molar-refractivity contribution in [3.05, 3.63) is 23.9 Å². The lowest BCUT2D eigenvalue weighted by Crippen LogP contribution is -2.27. The Bertz CT molecular complexity index is 449. The van der Waals surface area contributed by atoms with Crippen molar-refractivity contribution in [1.29, 1.82) is 0 Å². The van der Waals surface area contributed by atoms with E-state index in [9.17, 15) is 9.59 Å². The molecule has 5 nitrogen and oxygen atoms in total. The fraction of sp³-hybridized carbons (Fsp3) is 0.300. The highest BCUT2D eigenvalue weighted by molar-refractivity contribution is 7.81. The second-order valence-electron chi connectivity index (χ2n) is 3.54. The lowest BCUT2D eigenvalue weighted by Gasteiger charge is -2.16. The monoisotopic (exact) mass is 238 g/mol. The van der Waals surface area contributed by atoms with Crippen LogP contribution in [-0.4, -0.2) is 33.8 Å². The van der Waals surface area contributed by atoms with Crippen molar-refractivity contribution in [2.75, 3.05) is 11.4 Å². The zero-order valence-electron chi connectivity index (χ0n) is 8.33. The van der Waals surface area contributed by atoms with Gasteiger partial charge in [0.25, 0.3) is 0 Å². The summed E-state index contributed by atoms with van der Waals surface area (Å²) >= 11 is 4.21. The van der Waals surface area contributed by atoms with Crippen LogP contribution in [0.1, 0.15) is 16.8 Å². The van der Waals surface area contributed by atoms with E-state index in [0.717, 1.165) is 0 Å². The Morgan fingerprint density at radius 1 is 1.62 bits per heavy atom. The Morgan fingerprint density at radius 2 is 2.38 bits per heavy atom. The number of rotatable bonds is 2. The Hall–Kier alpha value is -1.56. The molecule has 1 aliphatic rings. The zero-order chi connectivity index (χ0) is 11.7. The number of nitrogens with zero attached hydrogens (tertiary/aromatic N) is 2. The van der Waals surface area contributed by atoms with Crippen molar-refractivity contribution >= 4 is 30.3 Å². The fourth-order valence-electron chi connectivity index (χ4n) is 1.67. The predicted molar refractivity (Wildman–Crippen MR) is 60.9 cm³/mol. The normalized spacial score (nSPS) is 20.2. The number of hydrogen-bond donors (Lipinski definition) is 2. The minimum atomic E-state index is -1.08. The topological polar surface area (TPSA) is 70.5 Å². The third-order valence-corrected chi connectivity index (χ3v) is 2.72. The molecule has 1 amide bonds. The van der Waals surface area contributed by atoms with Crippen LogP contribution in [0.4, 0.5) is 5.82 Å². The van der Waals surface area contributed by atoms with Crippen LogP contribution in [0.25, 0.3) is 0 Å². The van der Waals surface area contributed by atoms with Gasteiger partial charge in [0.2, 0.25) is 5.91 Å². The van der Waals surface area contributed by atoms with Crippen molar-refractivity contribution < 1.29 is 14.7 Å². The second-order valence-corrected chi connectivity index (χ2v) is 4.27. The van der Waals surface area contributed by atoms with Gasteiger partial charge in [-0.1, -0.05) is 0 Å². The van der Waals surface area contributed by atoms with E-state index in [1.54, 1.807) is 0 Å². The van der Waals surface area contributed by atoms with Crippen LogP contribution in [0.2, 0.25) is 0 Å². The number of carbonyl (C=O) groups is 2. The average Bonchev–Trinajstić information content (AvgIpc) is 2.57. The van der Waals surface area contributed by atoms with Crippen molar-refractivity contribution in [1.82, 2.24) is 4.98 Å². The second kappa shape index (κ2) is 4.13. The summed E-state index contributed by atoms with van der Waals surface area (Å²) in [6.45, 7) is 0.402. The number of carboxylic acid groups (broad SMARTS) is 1. The summed E-state index contributed by atoms with van der Waals surface area (Å²) in [5, 5.41) is 8.92.